The van der Waals surface area contributed by atoms with Crippen LogP contribution in [-0.4, -0.2) is 38.6 Å². The van der Waals surface area contributed by atoms with Gasteiger partial charge in [-0.25, -0.2) is 0 Å². The van der Waals surface area contributed by atoms with Crippen LogP contribution in [0.1, 0.15) is 5.56 Å². The molecule has 0 aromatic heterocycles. The molecular weight excluding hydrogens is 258 g/mol. The second-order valence-corrected chi connectivity index (χ2v) is 4.14. The molecule has 0 radical (unpaired) electrons. The van der Waals surface area contributed by atoms with Crippen LogP contribution in [0.3, 0.4) is 0 Å². The molecule has 1 rings (SSSR count). The average molecular weight is 276 g/mol. The Morgan fingerprint density at radius 3 is 2.61 bits per heavy atom. The molecule has 0 aliphatic carbocycles. The second-order valence-electron chi connectivity index (χ2n) is 3.73. The van der Waals surface area contributed by atoms with E-state index in [9.17, 15) is 5.11 Å². The van der Waals surface area contributed by atoms with E-state index in [1.165, 1.54) is 14.2 Å². The highest BCUT2D eigenvalue weighted by molar-refractivity contribution is 6.32. The van der Waals surface area contributed by atoms with Crippen LogP contribution in [0.5, 0.6) is 11.5 Å². The van der Waals surface area contributed by atoms with Gasteiger partial charge in [0.2, 0.25) is 0 Å². The molecule has 0 fully saturated rings. The largest absolute Gasteiger partial charge is 0.493 e. The van der Waals surface area contributed by atoms with Crippen LogP contribution in [0.25, 0.3) is 0 Å². The maximum Gasteiger partial charge on any atom is 0.179 e. The van der Waals surface area contributed by atoms with Gasteiger partial charge >= 0.3 is 0 Å². The Bertz CT molecular complexity index is 387. The molecule has 0 saturated heterocycles. The van der Waals surface area contributed by atoms with Crippen LogP contribution < -0.4 is 15.2 Å². The highest BCUT2D eigenvalue weighted by atomic mass is 35.5. The first kappa shape index (κ1) is 15.0. The molecule has 0 bridgehead atoms. The Morgan fingerprint density at radius 2 is 2.06 bits per heavy atom. The summed E-state index contributed by atoms with van der Waals surface area (Å²) in [6, 6.07) is 3.46. The summed E-state index contributed by atoms with van der Waals surface area (Å²) in [4.78, 5) is 0. The SMILES string of the molecule is COCC(O)COc1c(Cl)cc(CN)cc1OC. The molecule has 6 heteroatoms. The molecule has 1 atom stereocenters. The fourth-order valence-corrected chi connectivity index (χ4v) is 1.74. The number of methoxy groups -OCH3 is 2. The lowest BCUT2D eigenvalue weighted by Crippen LogP contribution is -2.22. The zero-order valence-electron chi connectivity index (χ0n) is 10.5. The number of aliphatic hydroxyl groups is 1. The molecule has 102 valence electrons. The van der Waals surface area contributed by atoms with Crippen molar-refractivity contribution in [1.29, 1.82) is 0 Å². The van der Waals surface area contributed by atoms with Crippen LogP contribution >= 0.6 is 11.6 Å². The zero-order chi connectivity index (χ0) is 13.5. The van der Waals surface area contributed by atoms with Crippen LogP contribution in [0, 0.1) is 0 Å². The molecule has 1 aromatic carbocycles. The average Bonchev–Trinajstić information content (AvgIpc) is 2.36. The lowest BCUT2D eigenvalue weighted by Gasteiger charge is -2.16. The van der Waals surface area contributed by atoms with Gasteiger partial charge in [0, 0.05) is 13.7 Å². The molecule has 0 heterocycles. The quantitative estimate of drug-likeness (QED) is 0.782. The van der Waals surface area contributed by atoms with Gasteiger partial charge in [-0.15, -0.1) is 0 Å². The number of halogens is 1. The third-order valence-corrected chi connectivity index (χ3v) is 2.58. The smallest absolute Gasteiger partial charge is 0.179 e. The number of hydrogen-bond donors (Lipinski definition) is 2. The zero-order valence-corrected chi connectivity index (χ0v) is 11.2. The molecule has 0 aliphatic heterocycles. The predicted molar refractivity (Wildman–Crippen MR) is 69.3 cm³/mol. The van der Waals surface area contributed by atoms with Crippen molar-refractivity contribution >= 4 is 11.6 Å². The molecular formula is C12H18ClNO4. The second kappa shape index (κ2) is 7.43. The van der Waals surface area contributed by atoms with E-state index in [2.05, 4.69) is 0 Å². The van der Waals surface area contributed by atoms with Gasteiger partial charge in [0.25, 0.3) is 0 Å². The van der Waals surface area contributed by atoms with Gasteiger partial charge in [-0.05, 0) is 17.7 Å². The number of ether oxygens (including phenoxy) is 3. The van der Waals surface area contributed by atoms with Gasteiger partial charge in [0.15, 0.2) is 11.5 Å². The summed E-state index contributed by atoms with van der Waals surface area (Å²) in [6.07, 6.45) is -0.718. The first-order valence-electron chi connectivity index (χ1n) is 5.48. The summed E-state index contributed by atoms with van der Waals surface area (Å²) < 4.78 is 15.4. The number of nitrogens with two attached hydrogens (primary N) is 1. The van der Waals surface area contributed by atoms with E-state index in [1.54, 1.807) is 12.1 Å². The van der Waals surface area contributed by atoms with Crippen LogP contribution in [0.2, 0.25) is 5.02 Å². The fraction of sp³-hybridized carbons (Fsp3) is 0.500. The van der Waals surface area contributed by atoms with E-state index >= 15 is 0 Å². The van der Waals surface area contributed by atoms with Crippen molar-refractivity contribution < 1.29 is 19.3 Å². The summed E-state index contributed by atoms with van der Waals surface area (Å²) in [5.41, 5.74) is 6.39. The molecule has 5 nitrogen and oxygen atoms in total. The molecule has 1 aromatic rings. The first-order valence-corrected chi connectivity index (χ1v) is 5.86. The van der Waals surface area contributed by atoms with Crippen LogP contribution in [0.4, 0.5) is 0 Å². The highest BCUT2D eigenvalue weighted by Gasteiger charge is 2.13. The predicted octanol–water partition coefficient (Wildman–Crippen LogP) is 1.19. The summed E-state index contributed by atoms with van der Waals surface area (Å²) in [7, 11) is 3.03. The first-order chi connectivity index (χ1) is 8.62. The van der Waals surface area contributed by atoms with Crippen LogP contribution in [-0.2, 0) is 11.3 Å². The lowest BCUT2D eigenvalue weighted by molar-refractivity contribution is 0.0319. The van der Waals surface area contributed by atoms with E-state index in [0.29, 0.717) is 23.1 Å². The number of benzene rings is 1. The minimum atomic E-state index is -0.718. The molecule has 0 saturated carbocycles. The topological polar surface area (TPSA) is 73.9 Å². The standard InChI is InChI=1S/C12H18ClNO4/c1-16-6-9(15)7-18-12-10(13)3-8(5-14)4-11(12)17-2/h3-4,9,15H,5-7,14H2,1-2H3. The number of rotatable bonds is 7. The summed E-state index contributed by atoms with van der Waals surface area (Å²) in [5, 5.41) is 9.91. The van der Waals surface area contributed by atoms with E-state index < -0.39 is 6.10 Å². The van der Waals surface area contributed by atoms with Gasteiger partial charge in [-0.1, -0.05) is 11.6 Å². The Balaban J connectivity index is 2.81. The lowest BCUT2D eigenvalue weighted by atomic mass is 10.2. The number of aliphatic hydroxyl groups excluding tert-OH is 1. The van der Waals surface area contributed by atoms with Gasteiger partial charge in [-0.2, -0.15) is 0 Å². The molecule has 3 N–H and O–H groups in total. The van der Waals surface area contributed by atoms with Crippen molar-refractivity contribution in [3.63, 3.8) is 0 Å². The Morgan fingerprint density at radius 1 is 1.33 bits per heavy atom. The molecule has 0 aliphatic rings. The normalized spacial score (nSPS) is 12.3. The molecule has 18 heavy (non-hydrogen) atoms. The van der Waals surface area contributed by atoms with Gasteiger partial charge in [0.05, 0.1) is 18.7 Å². The minimum absolute atomic E-state index is 0.0753. The van der Waals surface area contributed by atoms with Crippen LogP contribution in [0.15, 0.2) is 12.1 Å². The molecule has 1 unspecified atom stereocenters. The maximum atomic E-state index is 9.51. The van der Waals surface area contributed by atoms with E-state index in [4.69, 9.17) is 31.5 Å². The van der Waals surface area contributed by atoms with Crippen molar-refractivity contribution in [2.45, 2.75) is 12.6 Å². The summed E-state index contributed by atoms with van der Waals surface area (Å²) in [6.45, 7) is 0.634. The monoisotopic (exact) mass is 275 g/mol. The van der Waals surface area contributed by atoms with Crippen molar-refractivity contribution in [3.05, 3.63) is 22.7 Å². The van der Waals surface area contributed by atoms with Gasteiger partial charge in [0.1, 0.15) is 12.7 Å². The third kappa shape index (κ3) is 4.03. The Labute approximate surface area is 111 Å². The van der Waals surface area contributed by atoms with Gasteiger partial charge < -0.3 is 25.1 Å². The summed E-state index contributed by atoms with van der Waals surface area (Å²) in [5.74, 6) is 0.888. The summed E-state index contributed by atoms with van der Waals surface area (Å²) >= 11 is 6.08. The van der Waals surface area contributed by atoms with E-state index in [1.807, 2.05) is 0 Å². The molecule has 0 spiro atoms. The van der Waals surface area contributed by atoms with Crippen molar-refractivity contribution in [2.75, 3.05) is 27.4 Å². The van der Waals surface area contributed by atoms with Crippen molar-refractivity contribution in [2.24, 2.45) is 5.73 Å². The molecule has 0 amide bonds. The van der Waals surface area contributed by atoms with E-state index in [0.717, 1.165) is 5.56 Å². The Hall–Kier alpha value is -1.01. The van der Waals surface area contributed by atoms with Crippen molar-refractivity contribution in [3.8, 4) is 11.5 Å². The minimum Gasteiger partial charge on any atom is -0.493 e. The Kier molecular flexibility index (Phi) is 6.21. The fourth-order valence-electron chi connectivity index (χ4n) is 1.45. The van der Waals surface area contributed by atoms with E-state index in [-0.39, 0.29) is 13.2 Å². The highest BCUT2D eigenvalue weighted by Crippen LogP contribution is 2.36. The number of hydrogen-bond acceptors (Lipinski definition) is 5. The third-order valence-electron chi connectivity index (χ3n) is 2.30. The van der Waals surface area contributed by atoms with Crippen molar-refractivity contribution in [1.82, 2.24) is 0 Å². The van der Waals surface area contributed by atoms with Gasteiger partial charge in [-0.3, -0.25) is 0 Å². The maximum absolute atomic E-state index is 9.51.